The number of benzene rings is 1. The number of nitrogens with one attached hydrogen (secondary N) is 3. The van der Waals surface area contributed by atoms with Gasteiger partial charge in [0.25, 0.3) is 0 Å². The highest BCUT2D eigenvalue weighted by molar-refractivity contribution is 8.01. The van der Waals surface area contributed by atoms with Crippen molar-refractivity contribution in [2.24, 2.45) is 0 Å². The monoisotopic (exact) mass is 389 g/mol. The zero-order chi connectivity index (χ0) is 18.4. The van der Waals surface area contributed by atoms with Gasteiger partial charge in [-0.3, -0.25) is 20.4 Å². The molecule has 0 aliphatic rings. The van der Waals surface area contributed by atoms with Gasteiger partial charge >= 0.3 is 5.91 Å². The molecular formula is C16H15N5O3S2. The van der Waals surface area contributed by atoms with Crippen LogP contribution in [0.4, 0.5) is 10.8 Å². The molecule has 0 atom stereocenters. The summed E-state index contributed by atoms with van der Waals surface area (Å²) in [4.78, 5) is 23.4. The Hall–Kier alpha value is -2.85. The van der Waals surface area contributed by atoms with Crippen molar-refractivity contribution >= 4 is 45.7 Å². The van der Waals surface area contributed by atoms with E-state index in [1.807, 2.05) is 31.2 Å². The van der Waals surface area contributed by atoms with Gasteiger partial charge in [0, 0.05) is 5.69 Å². The first-order valence-electron chi connectivity index (χ1n) is 7.53. The molecule has 134 valence electrons. The van der Waals surface area contributed by atoms with Crippen LogP contribution >= 0.6 is 23.1 Å². The average molecular weight is 389 g/mol. The summed E-state index contributed by atoms with van der Waals surface area (Å²) in [6.45, 7) is 2.00. The number of carbonyl (C=O) groups is 2. The number of hydrazine groups is 1. The van der Waals surface area contributed by atoms with Gasteiger partial charge in [0.15, 0.2) is 10.1 Å². The number of anilines is 2. The fourth-order valence-electron chi connectivity index (χ4n) is 1.91. The molecule has 26 heavy (non-hydrogen) atoms. The van der Waals surface area contributed by atoms with Crippen LogP contribution in [0.25, 0.3) is 0 Å². The highest BCUT2D eigenvalue weighted by Gasteiger charge is 2.11. The zero-order valence-electron chi connectivity index (χ0n) is 13.7. The number of rotatable bonds is 6. The standard InChI is InChI=1S/C16H15N5O3S2/c1-10-5-2-3-6-11(10)17-15-20-21-16(26-15)25-9-13(22)18-19-14(23)12-7-4-8-24-12/h2-8H,9H2,1H3,(H,17,20)(H,18,22)(H,19,23). The highest BCUT2D eigenvalue weighted by Crippen LogP contribution is 2.28. The molecule has 0 bridgehead atoms. The number of para-hydroxylation sites is 1. The second-order valence-electron chi connectivity index (χ2n) is 5.08. The Labute approximate surface area is 157 Å². The van der Waals surface area contributed by atoms with Gasteiger partial charge in [-0.1, -0.05) is 41.3 Å². The fourth-order valence-corrected chi connectivity index (χ4v) is 3.47. The lowest BCUT2D eigenvalue weighted by atomic mass is 10.2. The summed E-state index contributed by atoms with van der Waals surface area (Å²) in [5.74, 6) is -0.668. The topological polar surface area (TPSA) is 109 Å². The first kappa shape index (κ1) is 18.0. The molecule has 10 heteroatoms. The number of hydrogen-bond donors (Lipinski definition) is 3. The molecule has 8 nitrogen and oxygen atoms in total. The van der Waals surface area contributed by atoms with Crippen LogP contribution < -0.4 is 16.2 Å². The first-order chi connectivity index (χ1) is 12.6. The van der Waals surface area contributed by atoms with Crippen LogP contribution in [0.5, 0.6) is 0 Å². The summed E-state index contributed by atoms with van der Waals surface area (Å²) in [6.07, 6.45) is 1.38. The summed E-state index contributed by atoms with van der Waals surface area (Å²) in [5.41, 5.74) is 6.65. The normalized spacial score (nSPS) is 10.3. The third-order valence-electron chi connectivity index (χ3n) is 3.18. The van der Waals surface area contributed by atoms with Gasteiger partial charge < -0.3 is 9.73 Å². The molecule has 0 spiro atoms. The highest BCUT2D eigenvalue weighted by atomic mass is 32.2. The number of carbonyl (C=O) groups excluding carboxylic acids is 2. The third-order valence-corrected chi connectivity index (χ3v) is 5.15. The Morgan fingerprint density at radius 3 is 2.77 bits per heavy atom. The van der Waals surface area contributed by atoms with Gasteiger partial charge in [-0.15, -0.1) is 10.2 Å². The molecular weight excluding hydrogens is 374 g/mol. The van der Waals surface area contributed by atoms with Gasteiger partial charge in [0.1, 0.15) is 0 Å². The van der Waals surface area contributed by atoms with Crippen LogP contribution in [0.2, 0.25) is 0 Å². The Kier molecular flexibility index (Phi) is 5.87. The summed E-state index contributed by atoms with van der Waals surface area (Å²) in [7, 11) is 0. The van der Waals surface area contributed by atoms with E-state index in [1.54, 1.807) is 6.07 Å². The molecule has 1 aromatic carbocycles. The van der Waals surface area contributed by atoms with Crippen LogP contribution in [0, 0.1) is 6.92 Å². The van der Waals surface area contributed by atoms with Crippen molar-refractivity contribution in [3.63, 3.8) is 0 Å². The SMILES string of the molecule is Cc1ccccc1Nc1nnc(SCC(=O)NNC(=O)c2ccco2)s1. The van der Waals surface area contributed by atoms with Crippen LogP contribution in [0.15, 0.2) is 51.4 Å². The minimum absolute atomic E-state index is 0.0947. The number of aromatic nitrogens is 2. The van der Waals surface area contributed by atoms with Crippen molar-refractivity contribution in [1.82, 2.24) is 21.0 Å². The first-order valence-corrected chi connectivity index (χ1v) is 9.33. The minimum Gasteiger partial charge on any atom is -0.459 e. The van der Waals surface area contributed by atoms with Crippen molar-refractivity contribution in [1.29, 1.82) is 0 Å². The number of amides is 2. The molecule has 0 unspecified atom stereocenters. The van der Waals surface area contributed by atoms with E-state index in [0.717, 1.165) is 11.3 Å². The summed E-state index contributed by atoms with van der Waals surface area (Å²) in [5, 5.41) is 11.9. The molecule has 2 heterocycles. The molecule has 3 N–H and O–H groups in total. The summed E-state index contributed by atoms with van der Waals surface area (Å²) >= 11 is 2.58. The van der Waals surface area contributed by atoms with Gasteiger partial charge in [-0.05, 0) is 30.7 Å². The molecule has 0 aliphatic carbocycles. The average Bonchev–Trinajstić information content (AvgIpc) is 3.32. The number of thioether (sulfide) groups is 1. The molecule has 2 aromatic heterocycles. The quantitative estimate of drug-likeness (QED) is 0.439. The van der Waals surface area contributed by atoms with Crippen LogP contribution in [-0.4, -0.2) is 27.8 Å². The predicted octanol–water partition coefficient (Wildman–Crippen LogP) is 2.74. The summed E-state index contributed by atoms with van der Waals surface area (Å²) in [6, 6.07) is 10.9. The van der Waals surface area contributed by atoms with Crippen molar-refractivity contribution in [2.45, 2.75) is 11.3 Å². The van der Waals surface area contributed by atoms with Crippen LogP contribution in [0.1, 0.15) is 16.1 Å². The number of nitrogens with zero attached hydrogens (tertiary/aromatic N) is 2. The van der Waals surface area contributed by atoms with Crippen molar-refractivity contribution in [3.05, 3.63) is 54.0 Å². The van der Waals surface area contributed by atoms with E-state index in [0.29, 0.717) is 9.47 Å². The minimum atomic E-state index is -0.519. The van der Waals surface area contributed by atoms with Crippen LogP contribution in [0.3, 0.4) is 0 Å². The Bertz CT molecular complexity index is 895. The van der Waals surface area contributed by atoms with E-state index >= 15 is 0 Å². The number of hydrogen-bond acceptors (Lipinski definition) is 8. The lowest BCUT2D eigenvalue weighted by Gasteiger charge is -2.05. The maximum Gasteiger partial charge on any atom is 0.305 e. The second-order valence-corrected chi connectivity index (χ2v) is 7.28. The van der Waals surface area contributed by atoms with Crippen molar-refractivity contribution in [3.8, 4) is 0 Å². The van der Waals surface area contributed by atoms with E-state index in [2.05, 4.69) is 26.4 Å². The third kappa shape index (κ3) is 4.83. The zero-order valence-corrected chi connectivity index (χ0v) is 15.3. The van der Waals surface area contributed by atoms with Gasteiger partial charge in [0.05, 0.1) is 12.0 Å². The lowest BCUT2D eigenvalue weighted by Crippen LogP contribution is -2.42. The maximum atomic E-state index is 11.8. The lowest BCUT2D eigenvalue weighted by molar-refractivity contribution is -0.119. The van der Waals surface area contributed by atoms with Crippen molar-refractivity contribution in [2.75, 3.05) is 11.1 Å². The van der Waals surface area contributed by atoms with Gasteiger partial charge in [-0.25, -0.2) is 0 Å². The molecule has 0 saturated heterocycles. The van der Waals surface area contributed by atoms with Gasteiger partial charge in [-0.2, -0.15) is 0 Å². The molecule has 2 amide bonds. The molecule has 0 aliphatic heterocycles. The van der Waals surface area contributed by atoms with E-state index in [4.69, 9.17) is 4.42 Å². The molecule has 0 radical (unpaired) electrons. The molecule has 0 saturated carbocycles. The Morgan fingerprint density at radius 2 is 2.00 bits per heavy atom. The van der Waals surface area contributed by atoms with Gasteiger partial charge in [0.2, 0.25) is 11.0 Å². The van der Waals surface area contributed by atoms with E-state index in [-0.39, 0.29) is 17.4 Å². The van der Waals surface area contributed by atoms with E-state index in [9.17, 15) is 9.59 Å². The maximum absolute atomic E-state index is 11.8. The van der Waals surface area contributed by atoms with Crippen molar-refractivity contribution < 1.29 is 14.0 Å². The number of aryl methyl sites for hydroxylation is 1. The smallest absolute Gasteiger partial charge is 0.305 e. The second kappa shape index (κ2) is 8.50. The predicted molar refractivity (Wildman–Crippen MR) is 99.4 cm³/mol. The van der Waals surface area contributed by atoms with Crippen LogP contribution in [-0.2, 0) is 4.79 Å². The molecule has 3 rings (SSSR count). The Balaban J connectivity index is 1.45. The molecule has 3 aromatic rings. The molecule has 0 fully saturated rings. The Morgan fingerprint density at radius 1 is 1.15 bits per heavy atom. The fraction of sp³-hybridized carbons (Fsp3) is 0.125. The summed E-state index contributed by atoms with van der Waals surface area (Å²) < 4.78 is 5.57. The van der Waals surface area contributed by atoms with E-state index in [1.165, 1.54) is 35.4 Å². The largest absolute Gasteiger partial charge is 0.459 e. The van der Waals surface area contributed by atoms with E-state index < -0.39 is 5.91 Å². The number of furan rings is 1.